The molecule has 0 fully saturated rings. The predicted molar refractivity (Wildman–Crippen MR) is 226 cm³/mol. The van der Waals surface area contributed by atoms with Crippen LogP contribution in [-0.2, 0) is 0 Å². The van der Waals surface area contributed by atoms with Gasteiger partial charge in [-0.25, -0.2) is 0 Å². The highest BCUT2D eigenvalue weighted by Crippen LogP contribution is 2.42. The second kappa shape index (κ2) is 12.8. The summed E-state index contributed by atoms with van der Waals surface area (Å²) in [5.74, 6) is 0.313. The number of benzene rings is 8. The van der Waals surface area contributed by atoms with Crippen LogP contribution in [0.3, 0.4) is 0 Å². The molecule has 0 aliphatic heterocycles. The monoisotopic (exact) mass is 678 g/mol. The third-order valence-electron chi connectivity index (χ3n) is 11.0. The van der Waals surface area contributed by atoms with Crippen molar-refractivity contribution in [3.05, 3.63) is 205 Å². The first-order chi connectivity index (χ1) is 26.2. The van der Waals surface area contributed by atoms with E-state index in [4.69, 9.17) is 0 Å². The van der Waals surface area contributed by atoms with E-state index in [0.717, 1.165) is 12.1 Å². The van der Waals surface area contributed by atoms with Crippen LogP contribution in [0.4, 0.5) is 11.4 Å². The molecule has 10 rings (SSSR count). The predicted octanol–water partition coefficient (Wildman–Crippen LogP) is 13.9. The number of hydrogen-bond acceptors (Lipinski definition) is 1. The molecule has 0 saturated heterocycles. The van der Waals surface area contributed by atoms with E-state index in [0.29, 0.717) is 5.92 Å². The lowest BCUT2D eigenvalue weighted by atomic mass is 9.84. The number of nitrogens with zero attached hydrogens (tertiary/aromatic N) is 2. The minimum atomic E-state index is 0.313. The average Bonchev–Trinajstić information content (AvgIpc) is 3.56. The molecule has 1 aliphatic rings. The summed E-state index contributed by atoms with van der Waals surface area (Å²) in [7, 11) is 0. The quantitative estimate of drug-likeness (QED) is 0.159. The molecule has 53 heavy (non-hydrogen) atoms. The molecule has 0 amide bonds. The van der Waals surface area contributed by atoms with Crippen LogP contribution in [0.5, 0.6) is 0 Å². The van der Waals surface area contributed by atoms with Crippen molar-refractivity contribution in [2.24, 2.45) is 5.92 Å². The van der Waals surface area contributed by atoms with Gasteiger partial charge in [-0.2, -0.15) is 0 Å². The first-order valence-electron chi connectivity index (χ1n) is 18.6. The molecular weight excluding hydrogens is 641 g/mol. The van der Waals surface area contributed by atoms with Crippen molar-refractivity contribution in [1.82, 2.24) is 4.57 Å². The summed E-state index contributed by atoms with van der Waals surface area (Å²) in [4.78, 5) is 2.44. The van der Waals surface area contributed by atoms with Gasteiger partial charge >= 0.3 is 0 Å². The van der Waals surface area contributed by atoms with Gasteiger partial charge in [-0.15, -0.1) is 0 Å². The van der Waals surface area contributed by atoms with Crippen molar-refractivity contribution >= 4 is 60.3 Å². The lowest BCUT2D eigenvalue weighted by molar-refractivity contribution is 0.680. The Hall–Kier alpha value is -6.64. The summed E-state index contributed by atoms with van der Waals surface area (Å²) in [5, 5.41) is 7.79. The lowest BCUT2D eigenvalue weighted by Gasteiger charge is -2.34. The number of fused-ring (bicyclic) bond motifs is 6. The van der Waals surface area contributed by atoms with E-state index in [9.17, 15) is 0 Å². The molecule has 0 bridgehead atoms. The highest BCUT2D eigenvalue weighted by molar-refractivity contribution is 6.12. The molecule has 0 saturated carbocycles. The minimum Gasteiger partial charge on any atom is -0.314 e. The molecule has 0 radical (unpaired) electrons. The highest BCUT2D eigenvalue weighted by Gasteiger charge is 2.25. The maximum atomic E-state index is 2.44. The zero-order valence-corrected chi connectivity index (χ0v) is 29.7. The van der Waals surface area contributed by atoms with Crippen molar-refractivity contribution < 1.29 is 0 Å². The van der Waals surface area contributed by atoms with Crippen LogP contribution >= 0.6 is 0 Å². The van der Waals surface area contributed by atoms with Gasteiger partial charge in [0.2, 0.25) is 0 Å². The Morgan fingerprint density at radius 1 is 0.472 bits per heavy atom. The van der Waals surface area contributed by atoms with Gasteiger partial charge in [0.05, 0.1) is 11.0 Å². The van der Waals surface area contributed by atoms with Gasteiger partial charge in [0.15, 0.2) is 0 Å². The molecule has 2 nitrogen and oxygen atoms in total. The van der Waals surface area contributed by atoms with Crippen LogP contribution < -0.4 is 4.90 Å². The molecule has 0 spiro atoms. The van der Waals surface area contributed by atoms with E-state index in [1.54, 1.807) is 0 Å². The summed E-state index contributed by atoms with van der Waals surface area (Å²) in [6.07, 6.45) is 5.67. The lowest BCUT2D eigenvalue weighted by Crippen LogP contribution is -2.23. The maximum absolute atomic E-state index is 2.44. The molecular formula is C51H38N2. The third-order valence-corrected chi connectivity index (χ3v) is 11.0. The summed E-state index contributed by atoms with van der Waals surface area (Å²) < 4.78 is 2.37. The average molecular weight is 679 g/mol. The second-order valence-corrected chi connectivity index (χ2v) is 14.2. The summed E-state index contributed by atoms with van der Waals surface area (Å²) in [6.45, 7) is 2.37. The first-order valence-corrected chi connectivity index (χ1v) is 18.6. The summed E-state index contributed by atoms with van der Waals surface area (Å²) in [5.41, 5.74) is 12.4. The van der Waals surface area contributed by atoms with Gasteiger partial charge < -0.3 is 9.47 Å². The van der Waals surface area contributed by atoms with E-state index >= 15 is 0 Å². The van der Waals surface area contributed by atoms with Gasteiger partial charge in [0.1, 0.15) is 0 Å². The van der Waals surface area contributed by atoms with Gasteiger partial charge in [0, 0.05) is 39.4 Å². The fraction of sp³-hybridized carbons (Fsp3) is 0.0588. The standard InChI is InChI=1S/C51H38N2/c1-35-33-39(48-34-38-13-5-6-16-43(38)44-17-7-8-18-45(44)48)27-32-49(35)52(40-14-3-2-4-15-40)41-28-23-36(24-29-41)37-25-30-42(31-26-37)53-50-21-11-9-19-46(50)47-20-10-12-22-51(47)53/h2-32,34-35H,33H2,1H3. The topological polar surface area (TPSA) is 8.17 Å². The van der Waals surface area contributed by atoms with Crippen molar-refractivity contribution in [3.8, 4) is 16.8 Å². The van der Waals surface area contributed by atoms with Crippen LogP contribution in [0.25, 0.3) is 65.7 Å². The summed E-state index contributed by atoms with van der Waals surface area (Å²) in [6, 6.07) is 66.2. The van der Waals surface area contributed by atoms with Crippen molar-refractivity contribution in [2.75, 3.05) is 4.90 Å². The first kappa shape index (κ1) is 31.1. The normalized spacial score (nSPS) is 14.5. The van der Waals surface area contributed by atoms with Crippen molar-refractivity contribution in [3.63, 3.8) is 0 Å². The van der Waals surface area contributed by atoms with Gasteiger partial charge in [-0.05, 0) is 111 Å². The van der Waals surface area contributed by atoms with Crippen LogP contribution in [0.1, 0.15) is 18.9 Å². The van der Waals surface area contributed by atoms with E-state index < -0.39 is 0 Å². The number of rotatable bonds is 6. The Labute approximate surface area is 310 Å². The van der Waals surface area contributed by atoms with Gasteiger partial charge in [0.25, 0.3) is 0 Å². The molecule has 252 valence electrons. The molecule has 2 heteroatoms. The smallest absolute Gasteiger partial charge is 0.0541 e. The number of hydrogen-bond donors (Lipinski definition) is 0. The number of allylic oxidation sites excluding steroid dienone is 4. The molecule has 1 heterocycles. The Balaban J connectivity index is 0.998. The largest absolute Gasteiger partial charge is 0.314 e. The van der Waals surface area contributed by atoms with Crippen LogP contribution in [0, 0.1) is 5.92 Å². The number of aromatic nitrogens is 1. The zero-order valence-electron chi connectivity index (χ0n) is 29.7. The Morgan fingerprint density at radius 2 is 1.00 bits per heavy atom. The molecule has 8 aromatic carbocycles. The van der Waals surface area contributed by atoms with Crippen molar-refractivity contribution in [2.45, 2.75) is 13.3 Å². The Bertz CT molecular complexity index is 2800. The molecule has 1 unspecified atom stereocenters. The highest BCUT2D eigenvalue weighted by atomic mass is 15.2. The summed E-state index contributed by atoms with van der Waals surface area (Å²) >= 11 is 0. The van der Waals surface area contributed by atoms with E-state index in [1.807, 2.05) is 0 Å². The Kier molecular flexibility index (Phi) is 7.54. The number of para-hydroxylation sites is 3. The van der Waals surface area contributed by atoms with Gasteiger partial charge in [-0.1, -0.05) is 140 Å². The van der Waals surface area contributed by atoms with Crippen LogP contribution in [0.15, 0.2) is 200 Å². The van der Waals surface area contributed by atoms with Crippen molar-refractivity contribution in [1.29, 1.82) is 0 Å². The Morgan fingerprint density at radius 3 is 1.66 bits per heavy atom. The fourth-order valence-electron chi connectivity index (χ4n) is 8.50. The molecule has 1 aromatic heterocycles. The fourth-order valence-corrected chi connectivity index (χ4v) is 8.50. The zero-order chi connectivity index (χ0) is 35.3. The molecule has 9 aromatic rings. The number of anilines is 2. The molecule has 1 aliphatic carbocycles. The van der Waals surface area contributed by atoms with Gasteiger partial charge in [-0.3, -0.25) is 0 Å². The van der Waals surface area contributed by atoms with E-state index in [2.05, 4.69) is 211 Å². The molecule has 0 N–H and O–H groups in total. The minimum absolute atomic E-state index is 0.313. The maximum Gasteiger partial charge on any atom is 0.0541 e. The van der Waals surface area contributed by atoms with Crippen LogP contribution in [0.2, 0.25) is 0 Å². The van der Waals surface area contributed by atoms with E-state index in [1.165, 1.54) is 82.7 Å². The van der Waals surface area contributed by atoms with E-state index in [-0.39, 0.29) is 0 Å². The SMILES string of the molecule is CC1CC(c2cc3ccccc3c3ccccc23)=CC=C1N(c1ccccc1)c1ccc(-c2ccc(-n3c4ccccc4c4ccccc43)cc2)cc1. The van der Waals surface area contributed by atoms with Crippen LogP contribution in [-0.4, -0.2) is 4.57 Å². The second-order valence-electron chi connectivity index (χ2n) is 14.2. The molecule has 1 atom stereocenters. The third kappa shape index (κ3) is 5.34.